The summed E-state index contributed by atoms with van der Waals surface area (Å²) in [7, 11) is 0. The smallest absolute Gasteiger partial charge is 0.103 e. The third kappa shape index (κ3) is 4.00. The fraction of sp³-hybridized carbons (Fsp3) is 0.375. The molecule has 0 bridgehead atoms. The van der Waals surface area contributed by atoms with Crippen molar-refractivity contribution in [2.24, 2.45) is 9.98 Å². The van der Waals surface area contributed by atoms with Gasteiger partial charge in [-0.3, -0.25) is 9.98 Å². The Morgan fingerprint density at radius 3 is 1.73 bits per heavy atom. The maximum Gasteiger partial charge on any atom is 0.103 e. The summed E-state index contributed by atoms with van der Waals surface area (Å²) in [5.41, 5.74) is 1.56. The predicted molar refractivity (Wildman–Crippen MR) is 85.3 cm³/mol. The third-order valence-corrected chi connectivity index (χ3v) is 3.68. The van der Waals surface area contributed by atoms with Crippen LogP contribution in [0.15, 0.2) is 46.6 Å². The summed E-state index contributed by atoms with van der Waals surface area (Å²) in [6.07, 6.45) is 11.4. The number of hydrogen-bond acceptors (Lipinski definition) is 6. The molecule has 6 heteroatoms. The van der Waals surface area contributed by atoms with Gasteiger partial charge in [-0.05, 0) is 37.1 Å². The minimum atomic E-state index is 0.198. The van der Waals surface area contributed by atoms with E-state index in [0.29, 0.717) is 0 Å². The van der Waals surface area contributed by atoms with Crippen LogP contribution in [0.5, 0.6) is 0 Å². The molecule has 1 saturated carbocycles. The van der Waals surface area contributed by atoms with Gasteiger partial charge in [-0.2, -0.15) is 10.2 Å². The molecule has 2 aromatic rings. The molecule has 0 radical (unpaired) electrons. The van der Waals surface area contributed by atoms with E-state index in [4.69, 9.17) is 0 Å². The Morgan fingerprint density at radius 2 is 1.32 bits per heavy atom. The maximum absolute atomic E-state index is 4.67. The highest BCUT2D eigenvalue weighted by Gasteiger charge is 2.23. The molecule has 0 amide bonds. The summed E-state index contributed by atoms with van der Waals surface area (Å²) in [5.74, 6) is 0. The average molecular weight is 294 g/mol. The molecule has 1 aliphatic carbocycles. The Labute approximate surface area is 129 Å². The van der Waals surface area contributed by atoms with Crippen LogP contribution >= 0.6 is 0 Å². The van der Waals surface area contributed by atoms with Gasteiger partial charge in [0.25, 0.3) is 0 Å². The second-order valence-corrected chi connectivity index (χ2v) is 5.27. The lowest BCUT2D eigenvalue weighted by molar-refractivity contribution is 0.390. The van der Waals surface area contributed by atoms with Crippen LogP contribution in [0.1, 0.15) is 37.1 Å². The zero-order valence-corrected chi connectivity index (χ0v) is 12.3. The number of rotatable bonds is 4. The van der Waals surface area contributed by atoms with Crippen LogP contribution in [0.2, 0.25) is 0 Å². The molecule has 0 aromatic carbocycles. The van der Waals surface area contributed by atoms with Crippen molar-refractivity contribution in [1.82, 2.24) is 20.4 Å². The minimum absolute atomic E-state index is 0.198. The van der Waals surface area contributed by atoms with Gasteiger partial charge >= 0.3 is 0 Å². The molecule has 3 rings (SSSR count). The Balaban J connectivity index is 1.69. The molecule has 0 spiro atoms. The van der Waals surface area contributed by atoms with E-state index in [1.165, 1.54) is 12.8 Å². The fourth-order valence-corrected chi connectivity index (χ4v) is 2.55. The first-order valence-corrected chi connectivity index (χ1v) is 7.53. The fourth-order valence-electron chi connectivity index (χ4n) is 2.55. The first kappa shape index (κ1) is 14.4. The molecule has 2 aromatic heterocycles. The summed E-state index contributed by atoms with van der Waals surface area (Å²) < 4.78 is 0. The second-order valence-electron chi connectivity index (χ2n) is 5.27. The van der Waals surface area contributed by atoms with E-state index < -0.39 is 0 Å². The van der Waals surface area contributed by atoms with Gasteiger partial charge in [0.1, 0.15) is 11.4 Å². The van der Waals surface area contributed by atoms with Gasteiger partial charge in [-0.25, -0.2) is 0 Å². The van der Waals surface area contributed by atoms with Crippen molar-refractivity contribution in [3.8, 4) is 0 Å². The van der Waals surface area contributed by atoms with Gasteiger partial charge in [-0.15, -0.1) is 10.2 Å². The van der Waals surface area contributed by atoms with E-state index in [-0.39, 0.29) is 12.1 Å². The summed E-state index contributed by atoms with van der Waals surface area (Å²) in [5, 5.41) is 15.8. The molecular weight excluding hydrogens is 276 g/mol. The van der Waals surface area contributed by atoms with Crippen molar-refractivity contribution in [3.63, 3.8) is 0 Å². The Morgan fingerprint density at radius 1 is 0.818 bits per heavy atom. The molecule has 1 aliphatic rings. The van der Waals surface area contributed by atoms with Crippen LogP contribution in [-0.4, -0.2) is 44.9 Å². The Kier molecular flexibility index (Phi) is 4.92. The Hall–Kier alpha value is -2.50. The zero-order valence-electron chi connectivity index (χ0n) is 12.3. The highest BCUT2D eigenvalue weighted by molar-refractivity contribution is 5.77. The van der Waals surface area contributed by atoms with E-state index in [2.05, 4.69) is 30.4 Å². The SMILES string of the molecule is C(=N\C1CCCCC1/N=C/c1cccnn1)/c1cccnn1. The first-order valence-electron chi connectivity index (χ1n) is 7.53. The normalized spacial score (nSPS) is 22.4. The predicted octanol–water partition coefficient (Wildman–Crippen LogP) is 2.12. The van der Waals surface area contributed by atoms with Crippen molar-refractivity contribution < 1.29 is 0 Å². The molecule has 6 nitrogen and oxygen atoms in total. The minimum Gasteiger partial charge on any atom is -0.285 e. The topological polar surface area (TPSA) is 76.3 Å². The maximum atomic E-state index is 4.67. The van der Waals surface area contributed by atoms with Crippen LogP contribution < -0.4 is 0 Å². The van der Waals surface area contributed by atoms with Crippen LogP contribution in [0.25, 0.3) is 0 Å². The number of nitrogens with zero attached hydrogens (tertiary/aromatic N) is 6. The van der Waals surface area contributed by atoms with Gasteiger partial charge < -0.3 is 0 Å². The lowest BCUT2D eigenvalue weighted by Gasteiger charge is -2.25. The molecule has 22 heavy (non-hydrogen) atoms. The van der Waals surface area contributed by atoms with Crippen molar-refractivity contribution in [2.45, 2.75) is 37.8 Å². The van der Waals surface area contributed by atoms with Gasteiger partial charge in [0.05, 0.1) is 12.1 Å². The Bertz CT molecular complexity index is 568. The van der Waals surface area contributed by atoms with Crippen LogP contribution in [-0.2, 0) is 0 Å². The molecule has 2 unspecified atom stereocenters. The lowest BCUT2D eigenvalue weighted by Crippen LogP contribution is -2.27. The van der Waals surface area contributed by atoms with Crippen LogP contribution in [0.3, 0.4) is 0 Å². The molecule has 112 valence electrons. The third-order valence-electron chi connectivity index (χ3n) is 3.68. The number of aromatic nitrogens is 4. The van der Waals surface area contributed by atoms with E-state index in [1.54, 1.807) is 24.8 Å². The summed E-state index contributed by atoms with van der Waals surface area (Å²) >= 11 is 0. The molecule has 0 saturated heterocycles. The molecule has 2 heterocycles. The highest BCUT2D eigenvalue weighted by Crippen LogP contribution is 2.23. The van der Waals surface area contributed by atoms with Gasteiger partial charge in [0, 0.05) is 24.8 Å². The van der Waals surface area contributed by atoms with Crippen molar-refractivity contribution in [1.29, 1.82) is 0 Å². The van der Waals surface area contributed by atoms with Gasteiger partial charge in [0.2, 0.25) is 0 Å². The van der Waals surface area contributed by atoms with E-state index in [0.717, 1.165) is 24.2 Å². The number of aliphatic imine (C=N–C) groups is 2. The molecule has 0 N–H and O–H groups in total. The molecular formula is C16H18N6. The quantitative estimate of drug-likeness (QED) is 0.809. The van der Waals surface area contributed by atoms with Gasteiger partial charge in [-0.1, -0.05) is 12.8 Å². The molecule has 0 aliphatic heterocycles. The summed E-state index contributed by atoms with van der Waals surface area (Å²) in [6.45, 7) is 0. The van der Waals surface area contributed by atoms with E-state index in [9.17, 15) is 0 Å². The first-order chi connectivity index (χ1) is 10.9. The average Bonchev–Trinajstić information content (AvgIpc) is 2.61. The zero-order chi connectivity index (χ0) is 15.0. The second kappa shape index (κ2) is 7.49. The largest absolute Gasteiger partial charge is 0.285 e. The highest BCUT2D eigenvalue weighted by atomic mass is 15.1. The van der Waals surface area contributed by atoms with E-state index in [1.807, 2.05) is 24.3 Å². The van der Waals surface area contributed by atoms with Gasteiger partial charge in [0.15, 0.2) is 0 Å². The monoisotopic (exact) mass is 294 g/mol. The molecule has 2 atom stereocenters. The number of hydrogen-bond donors (Lipinski definition) is 0. The standard InChI is InChI=1S/C16H18N6/c1-2-8-16(18-12-14-6-4-10-20-22-14)15(7-1)17-11-13-5-3-9-19-21-13/h3-6,9-12,15-16H,1-2,7-8H2/b17-11+,18-12+. The van der Waals surface area contributed by atoms with E-state index >= 15 is 0 Å². The van der Waals surface area contributed by atoms with Crippen molar-refractivity contribution in [2.75, 3.05) is 0 Å². The molecule has 1 fully saturated rings. The summed E-state index contributed by atoms with van der Waals surface area (Å²) in [4.78, 5) is 9.34. The van der Waals surface area contributed by atoms with Crippen LogP contribution in [0.4, 0.5) is 0 Å². The van der Waals surface area contributed by atoms with Crippen molar-refractivity contribution in [3.05, 3.63) is 48.0 Å². The van der Waals surface area contributed by atoms with Crippen LogP contribution in [0, 0.1) is 0 Å². The van der Waals surface area contributed by atoms with Crippen molar-refractivity contribution >= 4 is 12.4 Å². The lowest BCUT2D eigenvalue weighted by atomic mass is 9.91. The summed E-state index contributed by atoms with van der Waals surface area (Å²) in [6, 6.07) is 7.92.